The minimum Gasteiger partial charge on any atom is -0.497 e. The number of esters is 1. The molecule has 4 rings (SSSR count). The van der Waals surface area contributed by atoms with Gasteiger partial charge in [0.1, 0.15) is 5.75 Å². The van der Waals surface area contributed by atoms with Gasteiger partial charge in [0, 0.05) is 11.8 Å². The number of rotatable bonds is 3. The van der Waals surface area contributed by atoms with Crippen molar-refractivity contribution in [2.24, 2.45) is 0 Å². The highest BCUT2D eigenvalue weighted by molar-refractivity contribution is 7.23. The van der Waals surface area contributed by atoms with E-state index in [4.69, 9.17) is 14.5 Å². The molecule has 0 saturated heterocycles. The zero-order valence-electron chi connectivity index (χ0n) is 13.1. The van der Waals surface area contributed by atoms with Crippen molar-refractivity contribution in [2.45, 2.75) is 0 Å². The van der Waals surface area contributed by atoms with Crippen LogP contribution in [0.5, 0.6) is 5.75 Å². The number of imidazole rings is 1. The predicted molar refractivity (Wildman–Crippen MR) is 93.9 cm³/mol. The minimum absolute atomic E-state index is 0.333. The van der Waals surface area contributed by atoms with Crippen LogP contribution in [0.1, 0.15) is 10.4 Å². The third kappa shape index (κ3) is 2.32. The molecule has 0 unspecified atom stereocenters. The number of methoxy groups -OCH3 is 2. The average molecular weight is 338 g/mol. The number of carbonyl (C=O) groups is 1. The summed E-state index contributed by atoms with van der Waals surface area (Å²) in [6.45, 7) is 0. The van der Waals surface area contributed by atoms with Gasteiger partial charge in [-0.3, -0.25) is 4.40 Å². The fourth-order valence-electron chi connectivity index (χ4n) is 2.67. The van der Waals surface area contributed by atoms with Gasteiger partial charge in [-0.1, -0.05) is 23.5 Å². The number of fused-ring (bicyclic) bond motifs is 3. The highest BCUT2D eigenvalue weighted by atomic mass is 32.1. The molecule has 0 atom stereocenters. The number of benzene rings is 2. The summed E-state index contributed by atoms with van der Waals surface area (Å²) in [5.41, 5.74) is 3.45. The monoisotopic (exact) mass is 338 g/mol. The maximum absolute atomic E-state index is 11.7. The largest absolute Gasteiger partial charge is 0.497 e. The predicted octanol–water partition coefficient (Wildman–Crippen LogP) is 4.01. The summed E-state index contributed by atoms with van der Waals surface area (Å²) < 4.78 is 13.1. The Morgan fingerprint density at radius 3 is 2.83 bits per heavy atom. The van der Waals surface area contributed by atoms with Gasteiger partial charge in [0.15, 0.2) is 4.96 Å². The Balaban J connectivity index is 1.83. The average Bonchev–Trinajstić information content (AvgIpc) is 3.18. The number of aromatic nitrogens is 2. The van der Waals surface area contributed by atoms with Crippen LogP contribution in [0.4, 0.5) is 0 Å². The number of hydrogen-bond acceptors (Lipinski definition) is 5. The zero-order chi connectivity index (χ0) is 16.7. The first kappa shape index (κ1) is 14.7. The van der Waals surface area contributed by atoms with Crippen LogP contribution in [0, 0.1) is 0 Å². The Morgan fingerprint density at radius 1 is 1.17 bits per heavy atom. The van der Waals surface area contributed by atoms with Gasteiger partial charge in [0.2, 0.25) is 0 Å². The molecule has 0 aliphatic rings. The molecule has 120 valence electrons. The molecule has 24 heavy (non-hydrogen) atoms. The second-order valence-corrected chi connectivity index (χ2v) is 6.30. The second-order valence-electron chi connectivity index (χ2n) is 5.29. The van der Waals surface area contributed by atoms with Crippen molar-refractivity contribution >= 4 is 32.5 Å². The van der Waals surface area contributed by atoms with Crippen LogP contribution in [0.2, 0.25) is 0 Å². The molecule has 0 spiro atoms. The SMILES string of the molecule is COC(=O)c1ccc2c(c1)sc1nc(-c3cccc(OC)c3)cn12. The Kier molecular flexibility index (Phi) is 3.46. The highest BCUT2D eigenvalue weighted by Gasteiger charge is 2.13. The standard InChI is InChI=1S/C18H14N2O3S/c1-22-13-5-3-4-11(8-13)14-10-20-15-7-6-12(17(21)23-2)9-16(15)24-18(20)19-14/h3-10H,1-2H3. The molecule has 0 saturated carbocycles. The maximum Gasteiger partial charge on any atom is 0.337 e. The Bertz CT molecular complexity index is 1060. The summed E-state index contributed by atoms with van der Waals surface area (Å²) in [5.74, 6) is 0.469. The molecule has 0 radical (unpaired) electrons. The van der Waals surface area contributed by atoms with Crippen LogP contribution >= 0.6 is 11.3 Å². The molecular formula is C18H14N2O3S. The molecule has 0 N–H and O–H groups in total. The van der Waals surface area contributed by atoms with Gasteiger partial charge < -0.3 is 9.47 Å². The van der Waals surface area contributed by atoms with Crippen molar-refractivity contribution < 1.29 is 14.3 Å². The molecule has 2 aromatic heterocycles. The van der Waals surface area contributed by atoms with E-state index in [0.29, 0.717) is 5.56 Å². The van der Waals surface area contributed by atoms with E-state index >= 15 is 0 Å². The van der Waals surface area contributed by atoms with E-state index in [0.717, 1.165) is 32.2 Å². The molecule has 0 bridgehead atoms. The first-order valence-electron chi connectivity index (χ1n) is 7.34. The molecule has 5 nitrogen and oxygen atoms in total. The first-order chi connectivity index (χ1) is 11.7. The summed E-state index contributed by atoms with van der Waals surface area (Å²) >= 11 is 1.54. The van der Waals surface area contributed by atoms with Gasteiger partial charge in [0.25, 0.3) is 0 Å². The van der Waals surface area contributed by atoms with Crippen molar-refractivity contribution in [2.75, 3.05) is 14.2 Å². The third-order valence-corrected chi connectivity index (χ3v) is 4.90. The lowest BCUT2D eigenvalue weighted by Crippen LogP contribution is -2.00. The van der Waals surface area contributed by atoms with E-state index in [1.54, 1.807) is 24.5 Å². The summed E-state index contributed by atoms with van der Waals surface area (Å²) in [5, 5.41) is 0. The molecule has 0 aliphatic carbocycles. The van der Waals surface area contributed by atoms with Crippen molar-refractivity contribution in [3.8, 4) is 17.0 Å². The van der Waals surface area contributed by atoms with Crippen LogP contribution in [0.25, 0.3) is 26.4 Å². The number of thiazole rings is 1. The Labute approximate surface area is 142 Å². The first-order valence-corrected chi connectivity index (χ1v) is 8.15. The van der Waals surface area contributed by atoms with E-state index < -0.39 is 0 Å². The van der Waals surface area contributed by atoms with Gasteiger partial charge in [-0.15, -0.1) is 0 Å². The summed E-state index contributed by atoms with van der Waals surface area (Å²) in [7, 11) is 3.03. The highest BCUT2D eigenvalue weighted by Crippen LogP contribution is 2.31. The van der Waals surface area contributed by atoms with Crippen LogP contribution in [-0.4, -0.2) is 29.6 Å². The quantitative estimate of drug-likeness (QED) is 0.530. The van der Waals surface area contributed by atoms with Crippen molar-refractivity contribution in [1.82, 2.24) is 9.38 Å². The molecule has 2 aromatic carbocycles. The fourth-order valence-corrected chi connectivity index (χ4v) is 3.71. The lowest BCUT2D eigenvalue weighted by Gasteiger charge is -2.01. The summed E-state index contributed by atoms with van der Waals surface area (Å²) in [6.07, 6.45) is 2.00. The lowest BCUT2D eigenvalue weighted by molar-refractivity contribution is 0.0601. The number of carbonyl (C=O) groups excluding carboxylic acids is 1. The van der Waals surface area contributed by atoms with E-state index in [9.17, 15) is 4.79 Å². The molecule has 4 aromatic rings. The van der Waals surface area contributed by atoms with Gasteiger partial charge >= 0.3 is 5.97 Å². The molecule has 0 amide bonds. The van der Waals surface area contributed by atoms with Crippen LogP contribution in [0.3, 0.4) is 0 Å². The van der Waals surface area contributed by atoms with Gasteiger partial charge in [-0.2, -0.15) is 0 Å². The Hall–Kier alpha value is -2.86. The number of ether oxygens (including phenoxy) is 2. The minimum atomic E-state index is -0.333. The number of hydrogen-bond donors (Lipinski definition) is 0. The van der Waals surface area contributed by atoms with E-state index in [2.05, 4.69) is 0 Å². The molecule has 2 heterocycles. The summed E-state index contributed by atoms with van der Waals surface area (Å²) in [6, 6.07) is 13.4. The normalized spacial score (nSPS) is 11.1. The van der Waals surface area contributed by atoms with Crippen molar-refractivity contribution in [1.29, 1.82) is 0 Å². The van der Waals surface area contributed by atoms with Gasteiger partial charge in [-0.25, -0.2) is 9.78 Å². The lowest BCUT2D eigenvalue weighted by atomic mass is 10.1. The fraction of sp³-hybridized carbons (Fsp3) is 0.111. The third-order valence-electron chi connectivity index (χ3n) is 3.88. The second kappa shape index (κ2) is 5.65. The zero-order valence-corrected chi connectivity index (χ0v) is 14.0. The van der Waals surface area contributed by atoms with Crippen LogP contribution in [-0.2, 0) is 4.74 Å². The molecule has 0 fully saturated rings. The van der Waals surface area contributed by atoms with Gasteiger partial charge in [0.05, 0.1) is 35.7 Å². The van der Waals surface area contributed by atoms with Crippen LogP contribution in [0.15, 0.2) is 48.7 Å². The molecular weight excluding hydrogens is 324 g/mol. The van der Waals surface area contributed by atoms with E-state index in [1.165, 1.54) is 7.11 Å². The van der Waals surface area contributed by atoms with E-state index in [-0.39, 0.29) is 5.97 Å². The Morgan fingerprint density at radius 2 is 2.04 bits per heavy atom. The smallest absolute Gasteiger partial charge is 0.337 e. The van der Waals surface area contributed by atoms with Gasteiger partial charge in [-0.05, 0) is 30.3 Å². The number of nitrogens with zero attached hydrogens (tertiary/aromatic N) is 2. The van der Waals surface area contributed by atoms with Crippen molar-refractivity contribution in [3.05, 3.63) is 54.2 Å². The molecule has 6 heteroatoms. The molecule has 0 aliphatic heterocycles. The van der Waals surface area contributed by atoms with E-state index in [1.807, 2.05) is 47.0 Å². The van der Waals surface area contributed by atoms with Crippen LogP contribution < -0.4 is 4.74 Å². The maximum atomic E-state index is 11.7. The summed E-state index contributed by atoms with van der Waals surface area (Å²) in [4.78, 5) is 17.2. The van der Waals surface area contributed by atoms with Crippen molar-refractivity contribution in [3.63, 3.8) is 0 Å². The topological polar surface area (TPSA) is 52.8 Å².